The molecule has 2 aromatic rings. The summed E-state index contributed by atoms with van der Waals surface area (Å²) in [7, 11) is 0. The largest absolute Gasteiger partial charge is 0.459 e. The molecule has 14 heavy (non-hydrogen) atoms. The van der Waals surface area contributed by atoms with Gasteiger partial charge in [0, 0.05) is 5.39 Å². The number of nitrogens with zero attached hydrogens (tertiary/aromatic N) is 1. The maximum absolute atomic E-state index is 8.76. The van der Waals surface area contributed by atoms with Gasteiger partial charge in [0.25, 0.3) is 0 Å². The predicted octanol–water partition coefficient (Wildman–Crippen LogP) is 2.53. The van der Waals surface area contributed by atoms with Crippen LogP contribution in [0.15, 0.2) is 27.1 Å². The zero-order valence-corrected chi connectivity index (χ0v) is 8.84. The number of fused-ring (bicyclic) bond motifs is 1. The molecule has 4 heteroatoms. The smallest absolute Gasteiger partial charge is 0.148 e. The second kappa shape index (κ2) is 3.45. The van der Waals surface area contributed by atoms with Gasteiger partial charge in [-0.15, -0.1) is 0 Å². The summed E-state index contributed by atoms with van der Waals surface area (Å²) < 4.78 is 6.25. The van der Waals surface area contributed by atoms with Gasteiger partial charge in [0.1, 0.15) is 11.3 Å². The molecule has 0 saturated heterocycles. The molecular formula is C10H7BrN2O. The minimum atomic E-state index is 0.364. The van der Waals surface area contributed by atoms with E-state index in [4.69, 9.17) is 15.4 Å². The van der Waals surface area contributed by atoms with Crippen LogP contribution in [0.4, 0.5) is 0 Å². The SMILES string of the molecule is N#Cc1cc(Br)c2oc(CN)cc2c1. The number of furan rings is 1. The number of halogens is 1. The van der Waals surface area contributed by atoms with Crippen LogP contribution in [0.3, 0.4) is 0 Å². The lowest BCUT2D eigenvalue weighted by Crippen LogP contribution is -1.92. The van der Waals surface area contributed by atoms with E-state index in [1.54, 1.807) is 12.1 Å². The summed E-state index contributed by atoms with van der Waals surface area (Å²) in [6.45, 7) is 0.364. The van der Waals surface area contributed by atoms with Crippen molar-refractivity contribution in [3.63, 3.8) is 0 Å². The van der Waals surface area contributed by atoms with Crippen LogP contribution in [-0.4, -0.2) is 0 Å². The van der Waals surface area contributed by atoms with Gasteiger partial charge in [-0.1, -0.05) is 0 Å². The van der Waals surface area contributed by atoms with Crippen LogP contribution in [0.5, 0.6) is 0 Å². The van der Waals surface area contributed by atoms with Gasteiger partial charge in [-0.25, -0.2) is 0 Å². The first-order valence-electron chi connectivity index (χ1n) is 4.06. The van der Waals surface area contributed by atoms with Crippen LogP contribution in [0.1, 0.15) is 11.3 Å². The Morgan fingerprint density at radius 1 is 1.43 bits per heavy atom. The molecule has 3 nitrogen and oxygen atoms in total. The maximum atomic E-state index is 8.76. The average molecular weight is 251 g/mol. The van der Waals surface area contributed by atoms with Gasteiger partial charge in [-0.3, -0.25) is 0 Å². The van der Waals surface area contributed by atoms with Crippen molar-refractivity contribution in [2.75, 3.05) is 0 Å². The van der Waals surface area contributed by atoms with E-state index in [0.717, 1.165) is 21.2 Å². The summed E-state index contributed by atoms with van der Waals surface area (Å²) in [5.74, 6) is 0.718. The highest BCUT2D eigenvalue weighted by molar-refractivity contribution is 9.10. The van der Waals surface area contributed by atoms with Crippen molar-refractivity contribution in [2.24, 2.45) is 5.73 Å². The van der Waals surface area contributed by atoms with Crippen molar-refractivity contribution in [1.82, 2.24) is 0 Å². The van der Waals surface area contributed by atoms with Gasteiger partial charge in [-0.2, -0.15) is 5.26 Å². The van der Waals surface area contributed by atoms with Gasteiger partial charge in [-0.05, 0) is 34.1 Å². The van der Waals surface area contributed by atoms with Crippen molar-refractivity contribution < 1.29 is 4.42 Å². The molecule has 0 atom stereocenters. The molecule has 0 aliphatic carbocycles. The maximum Gasteiger partial charge on any atom is 0.148 e. The highest BCUT2D eigenvalue weighted by Crippen LogP contribution is 2.28. The zero-order valence-electron chi connectivity index (χ0n) is 7.25. The summed E-state index contributed by atoms with van der Waals surface area (Å²) in [5, 5.41) is 9.66. The average Bonchev–Trinajstić information content (AvgIpc) is 2.61. The Labute approximate surface area is 89.2 Å². The number of nitriles is 1. The summed E-state index contributed by atoms with van der Waals surface area (Å²) in [4.78, 5) is 0. The lowest BCUT2D eigenvalue weighted by atomic mass is 10.2. The van der Waals surface area contributed by atoms with E-state index in [2.05, 4.69) is 22.0 Å². The number of nitrogens with two attached hydrogens (primary N) is 1. The Morgan fingerprint density at radius 2 is 2.21 bits per heavy atom. The monoisotopic (exact) mass is 250 g/mol. The number of hydrogen-bond acceptors (Lipinski definition) is 3. The zero-order chi connectivity index (χ0) is 10.1. The molecule has 0 bridgehead atoms. The fourth-order valence-electron chi connectivity index (χ4n) is 1.33. The molecule has 0 unspecified atom stereocenters. The van der Waals surface area contributed by atoms with E-state index in [1.807, 2.05) is 6.07 Å². The van der Waals surface area contributed by atoms with Crippen LogP contribution in [0, 0.1) is 11.3 Å². The first kappa shape index (κ1) is 9.25. The highest BCUT2D eigenvalue weighted by Gasteiger charge is 2.07. The van der Waals surface area contributed by atoms with Crippen LogP contribution in [-0.2, 0) is 6.54 Å². The van der Waals surface area contributed by atoms with Crippen molar-refractivity contribution in [1.29, 1.82) is 5.26 Å². The van der Waals surface area contributed by atoms with Crippen molar-refractivity contribution in [2.45, 2.75) is 6.54 Å². The predicted molar refractivity (Wildman–Crippen MR) is 56.5 cm³/mol. The molecule has 0 saturated carbocycles. The number of rotatable bonds is 1. The Hall–Kier alpha value is -1.31. The first-order chi connectivity index (χ1) is 6.74. The molecule has 0 amide bonds. The Bertz CT molecular complexity index is 525. The third-order valence-electron chi connectivity index (χ3n) is 1.95. The molecule has 2 N–H and O–H groups in total. The molecule has 1 aromatic carbocycles. The number of hydrogen-bond donors (Lipinski definition) is 1. The fraction of sp³-hybridized carbons (Fsp3) is 0.100. The molecule has 1 heterocycles. The molecule has 2 rings (SSSR count). The Balaban J connectivity index is 2.75. The normalized spacial score (nSPS) is 10.4. The van der Waals surface area contributed by atoms with Crippen LogP contribution >= 0.6 is 15.9 Å². The Kier molecular flexibility index (Phi) is 2.28. The van der Waals surface area contributed by atoms with Crippen LogP contribution in [0.25, 0.3) is 11.0 Å². The third kappa shape index (κ3) is 1.41. The van der Waals surface area contributed by atoms with E-state index in [9.17, 15) is 0 Å². The molecular weight excluding hydrogens is 244 g/mol. The molecule has 0 aliphatic rings. The number of benzene rings is 1. The summed E-state index contributed by atoms with van der Waals surface area (Å²) in [6, 6.07) is 7.44. The lowest BCUT2D eigenvalue weighted by Gasteiger charge is -1.93. The van der Waals surface area contributed by atoms with Crippen molar-refractivity contribution in [3.05, 3.63) is 34.0 Å². The van der Waals surface area contributed by atoms with Crippen LogP contribution in [0.2, 0.25) is 0 Å². The van der Waals surface area contributed by atoms with Gasteiger partial charge >= 0.3 is 0 Å². The molecule has 0 radical (unpaired) electrons. The minimum Gasteiger partial charge on any atom is -0.459 e. The van der Waals surface area contributed by atoms with E-state index in [1.165, 1.54) is 0 Å². The van der Waals surface area contributed by atoms with Gasteiger partial charge < -0.3 is 10.2 Å². The summed E-state index contributed by atoms with van der Waals surface area (Å²) in [5.41, 5.74) is 6.81. The molecule has 70 valence electrons. The van der Waals surface area contributed by atoms with Gasteiger partial charge in [0.05, 0.1) is 22.7 Å². The van der Waals surface area contributed by atoms with Gasteiger partial charge in [0.2, 0.25) is 0 Å². The minimum absolute atomic E-state index is 0.364. The highest BCUT2D eigenvalue weighted by atomic mass is 79.9. The lowest BCUT2D eigenvalue weighted by molar-refractivity contribution is 0.551. The third-order valence-corrected chi connectivity index (χ3v) is 2.54. The second-order valence-electron chi connectivity index (χ2n) is 2.91. The summed E-state index contributed by atoms with van der Waals surface area (Å²) in [6.07, 6.45) is 0. The first-order valence-corrected chi connectivity index (χ1v) is 4.86. The molecule has 0 aliphatic heterocycles. The van der Waals surface area contributed by atoms with Crippen molar-refractivity contribution in [3.8, 4) is 6.07 Å². The second-order valence-corrected chi connectivity index (χ2v) is 3.76. The van der Waals surface area contributed by atoms with Gasteiger partial charge in [0.15, 0.2) is 0 Å². The van der Waals surface area contributed by atoms with E-state index < -0.39 is 0 Å². The molecule has 1 aromatic heterocycles. The van der Waals surface area contributed by atoms with E-state index in [0.29, 0.717) is 12.1 Å². The fourth-order valence-corrected chi connectivity index (χ4v) is 1.89. The molecule has 0 fully saturated rings. The Morgan fingerprint density at radius 3 is 2.86 bits per heavy atom. The van der Waals surface area contributed by atoms with Crippen molar-refractivity contribution >= 4 is 26.9 Å². The summed E-state index contributed by atoms with van der Waals surface area (Å²) >= 11 is 3.35. The topological polar surface area (TPSA) is 63.0 Å². The van der Waals surface area contributed by atoms with Crippen LogP contribution < -0.4 is 5.73 Å². The molecule has 0 spiro atoms. The quantitative estimate of drug-likeness (QED) is 0.846. The van der Waals surface area contributed by atoms with E-state index >= 15 is 0 Å². The standard InChI is InChI=1S/C10H7BrN2O/c11-9-2-6(4-12)1-7-3-8(5-13)14-10(7)9/h1-3H,5,13H2. The van der Waals surface area contributed by atoms with E-state index in [-0.39, 0.29) is 0 Å².